The fourth-order valence-electron chi connectivity index (χ4n) is 3.20. The molecule has 1 aromatic carbocycles. The number of benzene rings is 1. The van der Waals surface area contributed by atoms with E-state index in [4.69, 9.17) is 11.6 Å². The maximum Gasteiger partial charge on any atom is 0.195 e. The van der Waals surface area contributed by atoms with E-state index >= 15 is 0 Å². The van der Waals surface area contributed by atoms with Gasteiger partial charge in [0.1, 0.15) is 5.75 Å². The number of aliphatic hydroxyl groups excluding tert-OH is 1. The minimum Gasteiger partial charge on any atom is -0.507 e. The lowest BCUT2D eigenvalue weighted by Gasteiger charge is -2.24. The summed E-state index contributed by atoms with van der Waals surface area (Å²) in [5, 5.41) is 28.8. The molecule has 0 spiro atoms. The Morgan fingerprint density at radius 2 is 2.17 bits per heavy atom. The third kappa shape index (κ3) is 2.37. The van der Waals surface area contributed by atoms with Gasteiger partial charge in [0.05, 0.1) is 18.2 Å². The average Bonchev–Trinajstić information content (AvgIpc) is 3.23. The first-order chi connectivity index (χ1) is 11.7. The zero-order valence-corrected chi connectivity index (χ0v) is 13.6. The number of halogens is 1. The van der Waals surface area contributed by atoms with Gasteiger partial charge in [0.2, 0.25) is 0 Å². The number of aromatic nitrogens is 4. The Bertz CT molecular complexity index is 897. The Balaban J connectivity index is 1.86. The number of phenols is 1. The van der Waals surface area contributed by atoms with Crippen LogP contribution in [0.4, 0.5) is 5.82 Å². The number of hydrogen-bond donors (Lipinski definition) is 2. The van der Waals surface area contributed by atoms with Crippen molar-refractivity contribution in [3.05, 3.63) is 35.6 Å². The molecule has 1 saturated heterocycles. The topological polar surface area (TPSA) is 86.8 Å². The van der Waals surface area contributed by atoms with Crippen LogP contribution in [0.25, 0.3) is 17.0 Å². The number of aromatic hydroxyl groups is 1. The maximum atomic E-state index is 10.2. The normalized spacial score (nSPS) is 17.8. The summed E-state index contributed by atoms with van der Waals surface area (Å²) < 4.78 is 1.79. The summed E-state index contributed by atoms with van der Waals surface area (Å²) in [5.41, 5.74) is 1.18. The molecule has 124 valence electrons. The van der Waals surface area contributed by atoms with Gasteiger partial charge in [-0.15, -0.1) is 10.2 Å². The molecular weight excluding hydrogens is 330 g/mol. The molecule has 2 aromatic heterocycles. The lowest BCUT2D eigenvalue weighted by atomic mass is 10.2. The Morgan fingerprint density at radius 3 is 2.96 bits per heavy atom. The molecular formula is C16H16ClN5O2. The molecule has 4 rings (SSSR count). The minimum atomic E-state index is 0.0361. The molecule has 0 saturated carbocycles. The van der Waals surface area contributed by atoms with E-state index in [2.05, 4.69) is 15.2 Å². The summed E-state index contributed by atoms with van der Waals surface area (Å²) in [6.45, 7) is 0.891. The van der Waals surface area contributed by atoms with Crippen LogP contribution in [0.15, 0.2) is 30.6 Å². The van der Waals surface area contributed by atoms with Gasteiger partial charge < -0.3 is 15.1 Å². The molecule has 3 aromatic rings. The zero-order valence-electron chi connectivity index (χ0n) is 12.8. The van der Waals surface area contributed by atoms with E-state index in [0.29, 0.717) is 27.9 Å². The predicted octanol–water partition coefficient (Wildman–Crippen LogP) is 2.11. The van der Waals surface area contributed by atoms with Gasteiger partial charge in [-0.05, 0) is 31.0 Å². The minimum absolute atomic E-state index is 0.0361. The van der Waals surface area contributed by atoms with E-state index in [1.807, 2.05) is 4.90 Å². The van der Waals surface area contributed by atoms with Gasteiger partial charge in [-0.3, -0.25) is 4.40 Å². The van der Waals surface area contributed by atoms with Gasteiger partial charge in [0.25, 0.3) is 0 Å². The van der Waals surface area contributed by atoms with Crippen LogP contribution in [-0.2, 0) is 0 Å². The molecule has 1 aliphatic rings. The number of fused-ring (bicyclic) bond motifs is 1. The first kappa shape index (κ1) is 15.2. The number of anilines is 1. The standard InChI is InChI=1S/C16H16ClN5O2/c17-10-3-4-12(13(24)8-10)14-19-20-16(15-18-5-7-22(14)15)21-6-1-2-11(21)9-23/h3-5,7-8,11,23-24H,1-2,6,9H2/t11-/m1/s1. The number of imidazole rings is 1. The first-order valence-electron chi connectivity index (χ1n) is 7.75. The van der Waals surface area contributed by atoms with Crippen molar-refractivity contribution in [2.45, 2.75) is 18.9 Å². The highest BCUT2D eigenvalue weighted by molar-refractivity contribution is 6.30. The largest absolute Gasteiger partial charge is 0.507 e. The van der Waals surface area contributed by atoms with Crippen LogP contribution >= 0.6 is 11.6 Å². The highest BCUT2D eigenvalue weighted by Gasteiger charge is 2.28. The summed E-state index contributed by atoms with van der Waals surface area (Å²) in [5.74, 6) is 1.17. The lowest BCUT2D eigenvalue weighted by molar-refractivity contribution is 0.266. The fourth-order valence-corrected chi connectivity index (χ4v) is 3.36. The van der Waals surface area contributed by atoms with Crippen molar-refractivity contribution in [3.8, 4) is 17.1 Å². The molecule has 7 nitrogen and oxygen atoms in total. The van der Waals surface area contributed by atoms with Crippen LogP contribution in [0.1, 0.15) is 12.8 Å². The van der Waals surface area contributed by atoms with Crippen molar-refractivity contribution in [2.24, 2.45) is 0 Å². The summed E-state index contributed by atoms with van der Waals surface area (Å²) in [6.07, 6.45) is 5.37. The molecule has 8 heteroatoms. The Hall–Kier alpha value is -2.38. The second-order valence-electron chi connectivity index (χ2n) is 5.80. The van der Waals surface area contributed by atoms with Crippen molar-refractivity contribution in [1.82, 2.24) is 19.6 Å². The molecule has 0 radical (unpaired) electrons. The van der Waals surface area contributed by atoms with Crippen LogP contribution in [0, 0.1) is 0 Å². The zero-order chi connectivity index (χ0) is 16.7. The van der Waals surface area contributed by atoms with E-state index in [-0.39, 0.29) is 18.4 Å². The number of rotatable bonds is 3. The van der Waals surface area contributed by atoms with Gasteiger partial charge in [0.15, 0.2) is 17.3 Å². The van der Waals surface area contributed by atoms with Gasteiger partial charge in [-0.2, -0.15) is 0 Å². The fraction of sp³-hybridized carbons (Fsp3) is 0.312. The van der Waals surface area contributed by atoms with Gasteiger partial charge >= 0.3 is 0 Å². The second kappa shape index (κ2) is 5.92. The summed E-state index contributed by atoms with van der Waals surface area (Å²) in [6, 6.07) is 4.90. The van der Waals surface area contributed by atoms with Gasteiger partial charge in [-0.1, -0.05) is 11.6 Å². The van der Waals surface area contributed by atoms with Crippen LogP contribution < -0.4 is 4.90 Å². The van der Waals surface area contributed by atoms with Crippen LogP contribution in [0.3, 0.4) is 0 Å². The molecule has 0 unspecified atom stereocenters. The molecule has 0 aliphatic carbocycles. The number of aliphatic hydroxyl groups is 1. The van der Waals surface area contributed by atoms with Crippen molar-refractivity contribution >= 4 is 23.1 Å². The Morgan fingerprint density at radius 1 is 1.29 bits per heavy atom. The Labute approximate surface area is 143 Å². The SMILES string of the molecule is OC[C@H]1CCCN1c1nnc(-c2ccc(Cl)cc2O)n2ccnc12. The quantitative estimate of drug-likeness (QED) is 0.756. The summed E-state index contributed by atoms with van der Waals surface area (Å²) >= 11 is 5.90. The van der Waals surface area contributed by atoms with Gasteiger partial charge in [0, 0.05) is 24.0 Å². The van der Waals surface area contributed by atoms with E-state index in [9.17, 15) is 10.2 Å². The number of nitrogens with zero attached hydrogens (tertiary/aromatic N) is 5. The number of hydrogen-bond acceptors (Lipinski definition) is 6. The molecule has 1 atom stereocenters. The van der Waals surface area contributed by atoms with Crippen molar-refractivity contribution < 1.29 is 10.2 Å². The van der Waals surface area contributed by atoms with Crippen molar-refractivity contribution in [3.63, 3.8) is 0 Å². The Kier molecular flexibility index (Phi) is 3.74. The predicted molar refractivity (Wildman–Crippen MR) is 90.3 cm³/mol. The molecule has 24 heavy (non-hydrogen) atoms. The van der Waals surface area contributed by atoms with Crippen LogP contribution in [0.2, 0.25) is 5.02 Å². The molecule has 1 fully saturated rings. The average molecular weight is 346 g/mol. The highest BCUT2D eigenvalue weighted by Crippen LogP contribution is 2.33. The molecule has 1 aliphatic heterocycles. The van der Waals surface area contributed by atoms with E-state index in [1.165, 1.54) is 6.07 Å². The summed E-state index contributed by atoms with van der Waals surface area (Å²) in [7, 11) is 0. The molecule has 3 heterocycles. The van der Waals surface area contributed by atoms with Gasteiger partial charge in [-0.25, -0.2) is 4.98 Å². The maximum absolute atomic E-state index is 10.2. The van der Waals surface area contributed by atoms with E-state index < -0.39 is 0 Å². The van der Waals surface area contributed by atoms with E-state index in [0.717, 1.165) is 19.4 Å². The summed E-state index contributed by atoms with van der Waals surface area (Å²) in [4.78, 5) is 6.44. The number of phenolic OH excluding ortho intramolecular Hbond substituents is 1. The van der Waals surface area contributed by atoms with Crippen molar-refractivity contribution in [2.75, 3.05) is 18.1 Å². The second-order valence-corrected chi connectivity index (χ2v) is 6.24. The molecule has 2 N–H and O–H groups in total. The third-order valence-corrected chi connectivity index (χ3v) is 4.60. The first-order valence-corrected chi connectivity index (χ1v) is 8.13. The molecule has 0 bridgehead atoms. The lowest BCUT2D eigenvalue weighted by Crippen LogP contribution is -2.33. The van der Waals surface area contributed by atoms with Crippen LogP contribution in [0.5, 0.6) is 5.75 Å². The third-order valence-electron chi connectivity index (χ3n) is 4.37. The van der Waals surface area contributed by atoms with Crippen molar-refractivity contribution in [1.29, 1.82) is 0 Å². The van der Waals surface area contributed by atoms with E-state index in [1.54, 1.807) is 28.9 Å². The smallest absolute Gasteiger partial charge is 0.195 e. The molecule has 0 amide bonds. The highest BCUT2D eigenvalue weighted by atomic mass is 35.5. The monoisotopic (exact) mass is 345 g/mol. The van der Waals surface area contributed by atoms with Crippen LogP contribution in [-0.4, -0.2) is 49.0 Å².